The van der Waals surface area contributed by atoms with Crippen molar-refractivity contribution in [1.82, 2.24) is 4.98 Å². The van der Waals surface area contributed by atoms with Crippen LogP contribution in [0.4, 0.5) is 5.69 Å². The number of anilines is 1. The number of carbonyl (C=O) groups excluding carboxylic acids is 1. The van der Waals surface area contributed by atoms with Gasteiger partial charge >= 0.3 is 5.97 Å². The van der Waals surface area contributed by atoms with Crippen LogP contribution >= 0.6 is 0 Å². The fourth-order valence-electron chi connectivity index (χ4n) is 1.72. The molecule has 0 fully saturated rings. The SMILES string of the molecule is Cc1ccc(NC(=O)c2cc[nH]c(=O)c2)cc1C(=O)O. The highest BCUT2D eigenvalue weighted by Crippen LogP contribution is 2.16. The lowest BCUT2D eigenvalue weighted by Crippen LogP contribution is -2.16. The quantitative estimate of drug-likeness (QED) is 0.790. The molecule has 2 rings (SSSR count). The van der Waals surface area contributed by atoms with E-state index in [-0.39, 0.29) is 16.7 Å². The zero-order valence-electron chi connectivity index (χ0n) is 10.6. The second kappa shape index (κ2) is 5.40. The van der Waals surface area contributed by atoms with E-state index in [1.165, 1.54) is 24.4 Å². The topological polar surface area (TPSA) is 99.3 Å². The fourth-order valence-corrected chi connectivity index (χ4v) is 1.72. The summed E-state index contributed by atoms with van der Waals surface area (Å²) in [5.41, 5.74) is 0.901. The van der Waals surface area contributed by atoms with E-state index >= 15 is 0 Å². The van der Waals surface area contributed by atoms with Crippen LogP contribution in [0.25, 0.3) is 0 Å². The maximum Gasteiger partial charge on any atom is 0.336 e. The molecule has 0 aliphatic rings. The zero-order chi connectivity index (χ0) is 14.7. The van der Waals surface area contributed by atoms with Crippen LogP contribution in [-0.2, 0) is 0 Å². The molecule has 1 heterocycles. The number of aryl methyl sites for hydroxylation is 1. The van der Waals surface area contributed by atoms with Gasteiger partial charge in [-0.3, -0.25) is 9.59 Å². The molecule has 0 saturated carbocycles. The molecule has 20 heavy (non-hydrogen) atoms. The Balaban J connectivity index is 2.26. The molecule has 1 aromatic heterocycles. The Morgan fingerprint density at radius 2 is 1.95 bits per heavy atom. The third kappa shape index (κ3) is 2.92. The van der Waals surface area contributed by atoms with Gasteiger partial charge in [-0.15, -0.1) is 0 Å². The minimum Gasteiger partial charge on any atom is -0.478 e. The van der Waals surface area contributed by atoms with E-state index in [1.54, 1.807) is 19.1 Å². The molecule has 0 aliphatic heterocycles. The number of aromatic carboxylic acids is 1. The molecule has 6 heteroatoms. The van der Waals surface area contributed by atoms with Crippen molar-refractivity contribution in [1.29, 1.82) is 0 Å². The van der Waals surface area contributed by atoms with Gasteiger partial charge in [0.1, 0.15) is 0 Å². The average Bonchev–Trinajstić information content (AvgIpc) is 2.40. The number of H-pyrrole nitrogens is 1. The summed E-state index contributed by atoms with van der Waals surface area (Å²) < 4.78 is 0. The lowest BCUT2D eigenvalue weighted by atomic mass is 10.1. The molecule has 0 bridgehead atoms. The van der Waals surface area contributed by atoms with Gasteiger partial charge in [-0.1, -0.05) is 6.07 Å². The van der Waals surface area contributed by atoms with Gasteiger partial charge in [0.25, 0.3) is 5.91 Å². The lowest BCUT2D eigenvalue weighted by Gasteiger charge is -2.07. The molecule has 0 atom stereocenters. The highest BCUT2D eigenvalue weighted by Gasteiger charge is 2.11. The predicted molar refractivity (Wildman–Crippen MR) is 73.2 cm³/mol. The number of rotatable bonds is 3. The number of nitrogens with one attached hydrogen (secondary N) is 2. The zero-order valence-corrected chi connectivity index (χ0v) is 10.6. The Labute approximate surface area is 114 Å². The van der Waals surface area contributed by atoms with Crippen molar-refractivity contribution in [2.24, 2.45) is 0 Å². The summed E-state index contributed by atoms with van der Waals surface area (Å²) in [6.07, 6.45) is 1.37. The number of benzene rings is 1. The van der Waals surface area contributed by atoms with Crippen molar-refractivity contribution in [2.75, 3.05) is 5.32 Å². The molecule has 1 amide bonds. The summed E-state index contributed by atoms with van der Waals surface area (Å²) in [6.45, 7) is 1.67. The van der Waals surface area contributed by atoms with Crippen LogP contribution in [0.1, 0.15) is 26.3 Å². The van der Waals surface area contributed by atoms with Gasteiger partial charge in [0.15, 0.2) is 0 Å². The van der Waals surface area contributed by atoms with Gasteiger partial charge in [0.2, 0.25) is 5.56 Å². The maximum absolute atomic E-state index is 11.9. The van der Waals surface area contributed by atoms with Crippen molar-refractivity contribution in [3.8, 4) is 0 Å². The fraction of sp³-hybridized carbons (Fsp3) is 0.0714. The molecule has 6 nitrogen and oxygen atoms in total. The van der Waals surface area contributed by atoms with Crippen LogP contribution in [0.15, 0.2) is 41.3 Å². The number of carboxylic acid groups (broad SMARTS) is 1. The maximum atomic E-state index is 11.9. The molecular weight excluding hydrogens is 260 g/mol. The first-order valence-electron chi connectivity index (χ1n) is 5.81. The van der Waals surface area contributed by atoms with Crippen LogP contribution in [-0.4, -0.2) is 22.0 Å². The Morgan fingerprint density at radius 3 is 2.60 bits per heavy atom. The van der Waals surface area contributed by atoms with E-state index in [2.05, 4.69) is 10.3 Å². The smallest absolute Gasteiger partial charge is 0.336 e. The molecule has 2 aromatic rings. The minimum atomic E-state index is -1.06. The second-order valence-electron chi connectivity index (χ2n) is 4.23. The number of amides is 1. The molecule has 0 saturated heterocycles. The minimum absolute atomic E-state index is 0.119. The molecule has 0 radical (unpaired) electrons. The Bertz CT molecular complexity index is 734. The van der Waals surface area contributed by atoms with Gasteiger partial charge in [0, 0.05) is 23.5 Å². The lowest BCUT2D eigenvalue weighted by molar-refractivity contribution is 0.0695. The molecule has 1 aromatic carbocycles. The number of pyridine rings is 1. The van der Waals surface area contributed by atoms with Crippen LogP contribution in [0, 0.1) is 6.92 Å². The highest BCUT2D eigenvalue weighted by atomic mass is 16.4. The monoisotopic (exact) mass is 272 g/mol. The summed E-state index contributed by atoms with van der Waals surface area (Å²) in [4.78, 5) is 36.5. The Kier molecular flexibility index (Phi) is 3.65. The van der Waals surface area contributed by atoms with Gasteiger partial charge in [-0.25, -0.2) is 4.79 Å². The first kappa shape index (κ1) is 13.5. The highest BCUT2D eigenvalue weighted by molar-refractivity contribution is 6.04. The third-order valence-corrected chi connectivity index (χ3v) is 2.76. The summed E-state index contributed by atoms with van der Waals surface area (Å²) in [7, 11) is 0. The van der Waals surface area contributed by atoms with Crippen molar-refractivity contribution < 1.29 is 14.7 Å². The summed E-state index contributed by atoms with van der Waals surface area (Å²) in [6, 6.07) is 7.22. The first-order chi connectivity index (χ1) is 9.47. The van der Waals surface area contributed by atoms with Gasteiger partial charge < -0.3 is 15.4 Å². The first-order valence-corrected chi connectivity index (χ1v) is 5.81. The third-order valence-electron chi connectivity index (χ3n) is 2.76. The molecule has 102 valence electrons. The Morgan fingerprint density at radius 1 is 1.20 bits per heavy atom. The molecule has 0 spiro atoms. The number of carboxylic acids is 1. The second-order valence-corrected chi connectivity index (χ2v) is 4.23. The van der Waals surface area contributed by atoms with E-state index in [0.29, 0.717) is 11.3 Å². The molecule has 0 aliphatic carbocycles. The van der Waals surface area contributed by atoms with E-state index < -0.39 is 11.9 Å². The van der Waals surface area contributed by atoms with Crippen molar-refractivity contribution in [3.05, 3.63) is 63.6 Å². The largest absolute Gasteiger partial charge is 0.478 e. The van der Waals surface area contributed by atoms with E-state index in [0.717, 1.165) is 0 Å². The van der Waals surface area contributed by atoms with Gasteiger partial charge in [-0.2, -0.15) is 0 Å². The van der Waals surface area contributed by atoms with E-state index in [9.17, 15) is 14.4 Å². The number of hydrogen-bond acceptors (Lipinski definition) is 3. The van der Waals surface area contributed by atoms with Crippen molar-refractivity contribution in [2.45, 2.75) is 6.92 Å². The van der Waals surface area contributed by atoms with Gasteiger partial charge in [-0.05, 0) is 30.7 Å². The van der Waals surface area contributed by atoms with Crippen molar-refractivity contribution >= 4 is 17.6 Å². The van der Waals surface area contributed by atoms with E-state index in [4.69, 9.17) is 5.11 Å². The van der Waals surface area contributed by atoms with Crippen molar-refractivity contribution in [3.63, 3.8) is 0 Å². The summed E-state index contributed by atoms with van der Waals surface area (Å²) >= 11 is 0. The summed E-state index contributed by atoms with van der Waals surface area (Å²) in [5, 5.41) is 11.6. The van der Waals surface area contributed by atoms with E-state index in [1.807, 2.05) is 0 Å². The molecule has 3 N–H and O–H groups in total. The number of carbonyl (C=O) groups is 2. The standard InChI is InChI=1S/C14H12N2O4/c1-8-2-3-10(7-11(8)14(19)20)16-13(18)9-4-5-15-12(17)6-9/h2-7H,1H3,(H,15,17)(H,16,18)(H,19,20). The summed E-state index contributed by atoms with van der Waals surface area (Å²) in [5.74, 6) is -1.54. The predicted octanol–water partition coefficient (Wildman–Crippen LogP) is 1.63. The average molecular weight is 272 g/mol. The van der Waals surface area contributed by atoms with Crippen LogP contribution in [0.3, 0.4) is 0 Å². The van der Waals surface area contributed by atoms with Gasteiger partial charge in [0.05, 0.1) is 5.56 Å². The van der Waals surface area contributed by atoms with Crippen LogP contribution < -0.4 is 10.9 Å². The van der Waals surface area contributed by atoms with Crippen LogP contribution in [0.2, 0.25) is 0 Å². The molecular formula is C14H12N2O4. The number of aromatic amines is 1. The number of aromatic nitrogens is 1. The Hall–Kier alpha value is -2.89. The number of hydrogen-bond donors (Lipinski definition) is 3. The normalized spacial score (nSPS) is 10.1. The van der Waals surface area contributed by atoms with Crippen LogP contribution in [0.5, 0.6) is 0 Å². The molecule has 0 unspecified atom stereocenters.